The Balaban J connectivity index is 1.82. The van der Waals surface area contributed by atoms with Crippen molar-refractivity contribution in [1.82, 2.24) is 4.90 Å². The number of hydrogen-bond donors (Lipinski definition) is 0. The number of allylic oxidation sites excluding steroid dienone is 1. The summed E-state index contributed by atoms with van der Waals surface area (Å²) in [6.07, 6.45) is 2.17. The van der Waals surface area contributed by atoms with Gasteiger partial charge in [0.2, 0.25) is 0 Å². The second-order valence-electron chi connectivity index (χ2n) is 6.91. The molecule has 0 saturated carbocycles. The average molecular weight is 347 g/mol. The van der Waals surface area contributed by atoms with Crippen LogP contribution in [0.1, 0.15) is 31.0 Å². The molecule has 4 heteroatoms. The van der Waals surface area contributed by atoms with Gasteiger partial charge in [0.05, 0.1) is 6.04 Å². The summed E-state index contributed by atoms with van der Waals surface area (Å²) in [4.78, 5) is 9.46. The summed E-state index contributed by atoms with van der Waals surface area (Å²) in [5, 5.41) is 0. The predicted octanol–water partition coefficient (Wildman–Crippen LogP) is 4.55. The number of nitrogens with zero attached hydrogens (tertiary/aromatic N) is 3. The SMILES string of the molecule is CCN(CC)c1ccc2c(c1)OC1=CC(N(C)C)c3ccccc3C1=N2. The molecule has 2 aromatic rings. The molecule has 0 saturated heterocycles. The zero-order chi connectivity index (χ0) is 18.3. The highest BCUT2D eigenvalue weighted by atomic mass is 16.5. The molecule has 0 radical (unpaired) electrons. The molecule has 0 spiro atoms. The first-order valence-electron chi connectivity index (χ1n) is 9.25. The van der Waals surface area contributed by atoms with Gasteiger partial charge in [-0.15, -0.1) is 0 Å². The molecule has 0 fully saturated rings. The van der Waals surface area contributed by atoms with Crippen molar-refractivity contribution in [3.8, 4) is 5.75 Å². The summed E-state index contributed by atoms with van der Waals surface area (Å²) in [5.74, 6) is 1.69. The van der Waals surface area contributed by atoms with Crippen molar-refractivity contribution in [3.63, 3.8) is 0 Å². The number of benzene rings is 2. The number of aliphatic imine (C=N–C) groups is 1. The van der Waals surface area contributed by atoms with Crippen LogP contribution in [0.2, 0.25) is 0 Å². The van der Waals surface area contributed by atoms with E-state index in [9.17, 15) is 0 Å². The van der Waals surface area contributed by atoms with E-state index < -0.39 is 0 Å². The maximum absolute atomic E-state index is 6.33. The molecule has 0 aromatic heterocycles. The van der Waals surface area contributed by atoms with Crippen molar-refractivity contribution in [1.29, 1.82) is 0 Å². The van der Waals surface area contributed by atoms with E-state index in [0.29, 0.717) is 0 Å². The lowest BCUT2D eigenvalue weighted by molar-refractivity contribution is 0.337. The predicted molar refractivity (Wildman–Crippen MR) is 108 cm³/mol. The van der Waals surface area contributed by atoms with Crippen LogP contribution >= 0.6 is 0 Å². The standard InChI is InChI=1S/C22H25N3O/c1-5-25(6-2)15-11-12-18-20(13-15)26-21-14-19(24(3)4)16-9-7-8-10-17(16)22(21)23-18/h7-14,19H,5-6H2,1-4H3. The highest BCUT2D eigenvalue weighted by molar-refractivity contribution is 6.16. The molecule has 1 unspecified atom stereocenters. The molecule has 1 atom stereocenters. The Kier molecular flexibility index (Phi) is 4.29. The third-order valence-corrected chi connectivity index (χ3v) is 5.16. The van der Waals surface area contributed by atoms with E-state index in [1.807, 2.05) is 0 Å². The van der Waals surface area contributed by atoms with Gasteiger partial charge in [0.15, 0.2) is 11.5 Å². The Morgan fingerprint density at radius 3 is 2.54 bits per heavy atom. The first-order valence-corrected chi connectivity index (χ1v) is 9.25. The van der Waals surface area contributed by atoms with Gasteiger partial charge in [0, 0.05) is 30.4 Å². The Hall–Kier alpha value is -2.59. The van der Waals surface area contributed by atoms with Crippen molar-refractivity contribution in [2.24, 2.45) is 4.99 Å². The fourth-order valence-electron chi connectivity index (χ4n) is 3.74. The number of fused-ring (bicyclic) bond motifs is 4. The smallest absolute Gasteiger partial charge is 0.155 e. The lowest BCUT2D eigenvalue weighted by atomic mass is 9.89. The minimum absolute atomic E-state index is 0.188. The molecule has 0 amide bonds. The molecule has 2 aliphatic rings. The number of rotatable bonds is 4. The Labute approximate surface area is 155 Å². The van der Waals surface area contributed by atoms with Crippen LogP contribution in [0.4, 0.5) is 11.4 Å². The summed E-state index contributed by atoms with van der Waals surface area (Å²) in [6.45, 7) is 6.29. The fraction of sp³-hybridized carbons (Fsp3) is 0.318. The highest BCUT2D eigenvalue weighted by Crippen LogP contribution is 2.42. The van der Waals surface area contributed by atoms with Crippen molar-refractivity contribution < 1.29 is 4.74 Å². The molecule has 1 heterocycles. The molecule has 2 aromatic carbocycles. The lowest BCUT2D eigenvalue weighted by Crippen LogP contribution is -2.28. The van der Waals surface area contributed by atoms with E-state index in [4.69, 9.17) is 9.73 Å². The quantitative estimate of drug-likeness (QED) is 0.812. The van der Waals surface area contributed by atoms with Crippen molar-refractivity contribution in [2.45, 2.75) is 19.9 Å². The normalized spacial score (nSPS) is 17.5. The van der Waals surface area contributed by atoms with E-state index in [2.05, 4.69) is 86.3 Å². The second kappa shape index (κ2) is 6.61. The number of ether oxygens (including phenoxy) is 1. The summed E-state index contributed by atoms with van der Waals surface area (Å²) in [5.41, 5.74) is 5.43. The van der Waals surface area contributed by atoms with Crippen molar-refractivity contribution in [2.75, 3.05) is 32.1 Å². The zero-order valence-electron chi connectivity index (χ0n) is 15.9. The van der Waals surface area contributed by atoms with E-state index in [-0.39, 0.29) is 6.04 Å². The van der Waals surface area contributed by atoms with Gasteiger partial charge in [-0.3, -0.25) is 4.90 Å². The maximum Gasteiger partial charge on any atom is 0.155 e. The third kappa shape index (κ3) is 2.71. The van der Waals surface area contributed by atoms with E-state index >= 15 is 0 Å². The molecule has 0 bridgehead atoms. The molecular weight excluding hydrogens is 322 g/mol. The first-order chi connectivity index (χ1) is 12.6. The monoisotopic (exact) mass is 347 g/mol. The largest absolute Gasteiger partial charge is 0.453 e. The first kappa shape index (κ1) is 16.9. The van der Waals surface area contributed by atoms with Crippen LogP contribution in [0.25, 0.3) is 0 Å². The minimum atomic E-state index is 0.188. The van der Waals surface area contributed by atoms with Gasteiger partial charge in [0.1, 0.15) is 11.4 Å². The zero-order valence-corrected chi connectivity index (χ0v) is 15.9. The van der Waals surface area contributed by atoms with Gasteiger partial charge in [0.25, 0.3) is 0 Å². The summed E-state index contributed by atoms with van der Waals surface area (Å²) < 4.78 is 6.33. The van der Waals surface area contributed by atoms with Gasteiger partial charge in [-0.25, -0.2) is 4.99 Å². The Morgan fingerprint density at radius 1 is 1.04 bits per heavy atom. The Morgan fingerprint density at radius 2 is 1.81 bits per heavy atom. The summed E-state index contributed by atoms with van der Waals surface area (Å²) in [6, 6.07) is 14.9. The molecule has 26 heavy (non-hydrogen) atoms. The third-order valence-electron chi connectivity index (χ3n) is 5.16. The number of likely N-dealkylation sites (N-methyl/N-ethyl adjacent to an activating group) is 1. The van der Waals surface area contributed by atoms with Gasteiger partial charge in [-0.1, -0.05) is 24.3 Å². The van der Waals surface area contributed by atoms with E-state index in [1.54, 1.807) is 0 Å². The van der Waals surface area contributed by atoms with Crippen molar-refractivity contribution in [3.05, 3.63) is 65.4 Å². The van der Waals surface area contributed by atoms with Gasteiger partial charge in [-0.05, 0) is 51.7 Å². The summed E-state index contributed by atoms with van der Waals surface area (Å²) >= 11 is 0. The lowest BCUT2D eigenvalue weighted by Gasteiger charge is -2.32. The summed E-state index contributed by atoms with van der Waals surface area (Å²) in [7, 11) is 4.19. The van der Waals surface area contributed by atoms with Gasteiger partial charge < -0.3 is 9.64 Å². The second-order valence-corrected chi connectivity index (χ2v) is 6.91. The van der Waals surface area contributed by atoms with Crippen LogP contribution in [-0.2, 0) is 0 Å². The molecular formula is C22H25N3O. The van der Waals surface area contributed by atoms with Crippen LogP contribution in [0.5, 0.6) is 5.75 Å². The maximum atomic E-state index is 6.33. The number of anilines is 1. The van der Waals surface area contributed by atoms with Crippen LogP contribution < -0.4 is 9.64 Å². The van der Waals surface area contributed by atoms with Crippen LogP contribution in [0.3, 0.4) is 0 Å². The topological polar surface area (TPSA) is 28.1 Å². The minimum Gasteiger partial charge on any atom is -0.453 e. The molecule has 4 nitrogen and oxygen atoms in total. The van der Waals surface area contributed by atoms with Crippen molar-refractivity contribution >= 4 is 17.1 Å². The van der Waals surface area contributed by atoms with E-state index in [1.165, 1.54) is 11.3 Å². The molecule has 134 valence electrons. The Bertz CT molecular complexity index is 894. The molecule has 1 aliphatic heterocycles. The van der Waals surface area contributed by atoms with Gasteiger partial charge >= 0.3 is 0 Å². The molecule has 4 rings (SSSR count). The molecule has 1 aliphatic carbocycles. The van der Waals surface area contributed by atoms with Gasteiger partial charge in [-0.2, -0.15) is 0 Å². The van der Waals surface area contributed by atoms with Crippen LogP contribution in [0, 0.1) is 0 Å². The molecule has 0 N–H and O–H groups in total. The average Bonchev–Trinajstić information content (AvgIpc) is 2.66. The van der Waals surface area contributed by atoms with Crippen LogP contribution in [0.15, 0.2) is 59.3 Å². The van der Waals surface area contributed by atoms with E-state index in [0.717, 1.165) is 41.6 Å². The van der Waals surface area contributed by atoms with Crippen LogP contribution in [-0.4, -0.2) is 37.8 Å². The number of hydrogen-bond acceptors (Lipinski definition) is 4. The highest BCUT2D eigenvalue weighted by Gasteiger charge is 2.30. The fourth-order valence-corrected chi connectivity index (χ4v) is 3.74.